The first-order chi connectivity index (χ1) is 16.1. The van der Waals surface area contributed by atoms with Crippen molar-refractivity contribution in [1.82, 2.24) is 15.5 Å². The number of primary amides is 1. The largest absolute Gasteiger partial charge is 0.493 e. The Labute approximate surface area is 200 Å². The van der Waals surface area contributed by atoms with Crippen LogP contribution in [0.25, 0.3) is 0 Å². The molecule has 0 aromatic heterocycles. The van der Waals surface area contributed by atoms with Crippen molar-refractivity contribution in [3.8, 4) is 11.5 Å². The number of hydrogen-bond acceptors (Lipinski definition) is 7. The van der Waals surface area contributed by atoms with E-state index < -0.39 is 29.5 Å². The molecule has 2 fully saturated rings. The topological polar surface area (TPSA) is 143 Å². The van der Waals surface area contributed by atoms with Crippen LogP contribution >= 0.6 is 0 Å². The maximum Gasteiger partial charge on any atom is 0.247 e. The minimum absolute atomic E-state index is 0.130. The molecule has 0 aliphatic carbocycles. The zero-order chi connectivity index (χ0) is 25.0. The Morgan fingerprint density at radius 2 is 2.03 bits per heavy atom. The molecular weight excluding hydrogens is 440 g/mol. The van der Waals surface area contributed by atoms with E-state index in [1.54, 1.807) is 25.2 Å². The van der Waals surface area contributed by atoms with E-state index in [9.17, 15) is 19.5 Å². The van der Waals surface area contributed by atoms with E-state index in [4.69, 9.17) is 15.2 Å². The Balaban J connectivity index is 2.03. The second-order valence-electron chi connectivity index (χ2n) is 9.19. The summed E-state index contributed by atoms with van der Waals surface area (Å²) in [5.41, 5.74) is 5.81. The maximum atomic E-state index is 13.8. The molecule has 34 heavy (non-hydrogen) atoms. The van der Waals surface area contributed by atoms with Crippen molar-refractivity contribution < 1.29 is 29.0 Å². The van der Waals surface area contributed by atoms with Gasteiger partial charge >= 0.3 is 0 Å². The minimum Gasteiger partial charge on any atom is -0.493 e. The molecule has 3 rings (SSSR count). The molecule has 0 spiro atoms. The Morgan fingerprint density at radius 1 is 1.29 bits per heavy atom. The molecular formula is C24H36N4O6. The Morgan fingerprint density at radius 3 is 2.59 bits per heavy atom. The van der Waals surface area contributed by atoms with Gasteiger partial charge in [-0.2, -0.15) is 0 Å². The van der Waals surface area contributed by atoms with Crippen LogP contribution in [-0.2, 0) is 20.8 Å². The third-order valence-electron chi connectivity index (χ3n) is 6.83. The van der Waals surface area contributed by atoms with Crippen LogP contribution in [0.1, 0.15) is 43.7 Å². The van der Waals surface area contributed by atoms with Crippen LogP contribution in [0.2, 0.25) is 0 Å². The second-order valence-corrected chi connectivity index (χ2v) is 9.19. The first-order valence-electron chi connectivity index (χ1n) is 11.7. The Bertz CT molecular complexity index is 930. The number of aryl methyl sites for hydroxylation is 1. The number of likely N-dealkylation sites (tertiary alicyclic amines) is 1. The highest BCUT2D eigenvalue weighted by Crippen LogP contribution is 2.38. The maximum absolute atomic E-state index is 13.8. The number of aliphatic hydroxyl groups excluding tert-OH is 1. The number of ether oxygens (including phenoxy) is 2. The highest BCUT2D eigenvalue weighted by Gasteiger charge is 2.51. The van der Waals surface area contributed by atoms with Gasteiger partial charge in [0.25, 0.3) is 0 Å². The molecule has 1 unspecified atom stereocenters. The lowest BCUT2D eigenvalue weighted by atomic mass is 9.85. The van der Waals surface area contributed by atoms with Gasteiger partial charge < -0.3 is 35.8 Å². The van der Waals surface area contributed by atoms with Crippen LogP contribution < -0.4 is 25.8 Å². The number of rotatable bonds is 9. The van der Waals surface area contributed by atoms with Crippen molar-refractivity contribution >= 4 is 17.7 Å². The smallest absolute Gasteiger partial charge is 0.247 e. The average Bonchev–Trinajstić information content (AvgIpc) is 3.47. The SMILES string of the molecule is COc1cc(CC2(C(=O)N[C@H](C(N)=O)[C@@H](C)O)CCCN2C(=O)[C@@H]2CCCN2)cc(C)c1OC. The number of aliphatic hydroxyl groups is 1. The third kappa shape index (κ3) is 4.97. The van der Waals surface area contributed by atoms with Crippen molar-refractivity contribution in [2.45, 2.75) is 69.7 Å². The first kappa shape index (κ1) is 25.8. The van der Waals surface area contributed by atoms with Gasteiger partial charge in [-0.15, -0.1) is 0 Å². The van der Waals surface area contributed by atoms with Gasteiger partial charge in [-0.05, 0) is 63.3 Å². The number of benzene rings is 1. The van der Waals surface area contributed by atoms with E-state index in [1.807, 2.05) is 13.0 Å². The summed E-state index contributed by atoms with van der Waals surface area (Å²) in [6, 6.07) is 2.10. The van der Waals surface area contributed by atoms with Gasteiger partial charge in [-0.25, -0.2) is 0 Å². The fourth-order valence-corrected chi connectivity index (χ4v) is 5.15. The summed E-state index contributed by atoms with van der Waals surface area (Å²) >= 11 is 0. The molecule has 0 bridgehead atoms. The van der Waals surface area contributed by atoms with Crippen LogP contribution in [-0.4, -0.2) is 78.8 Å². The summed E-state index contributed by atoms with van der Waals surface area (Å²) in [6.45, 7) is 4.45. The number of amides is 3. The minimum atomic E-state index is -1.27. The van der Waals surface area contributed by atoms with Crippen molar-refractivity contribution in [3.63, 3.8) is 0 Å². The van der Waals surface area contributed by atoms with Gasteiger partial charge in [-0.3, -0.25) is 14.4 Å². The fraction of sp³-hybridized carbons (Fsp3) is 0.625. The molecule has 1 aromatic carbocycles. The van der Waals surface area contributed by atoms with Crippen molar-refractivity contribution in [2.75, 3.05) is 27.3 Å². The van der Waals surface area contributed by atoms with Crippen LogP contribution in [0, 0.1) is 6.92 Å². The first-order valence-corrected chi connectivity index (χ1v) is 11.7. The molecule has 1 aromatic rings. The number of nitrogens with one attached hydrogen (secondary N) is 2. The van der Waals surface area contributed by atoms with E-state index in [1.165, 1.54) is 6.92 Å². The normalized spacial score (nSPS) is 23.9. The summed E-state index contributed by atoms with van der Waals surface area (Å²) in [4.78, 5) is 40.8. The monoisotopic (exact) mass is 476 g/mol. The van der Waals surface area contributed by atoms with Gasteiger partial charge in [0.1, 0.15) is 11.6 Å². The molecule has 188 valence electrons. The molecule has 4 atom stereocenters. The summed E-state index contributed by atoms with van der Waals surface area (Å²) < 4.78 is 10.9. The number of nitrogens with zero attached hydrogens (tertiary/aromatic N) is 1. The van der Waals surface area contributed by atoms with E-state index in [-0.39, 0.29) is 18.4 Å². The number of nitrogens with two attached hydrogens (primary N) is 1. The third-order valence-corrected chi connectivity index (χ3v) is 6.83. The summed E-state index contributed by atoms with van der Waals surface area (Å²) in [7, 11) is 3.10. The Kier molecular flexibility index (Phi) is 8.04. The van der Waals surface area contributed by atoms with E-state index in [0.29, 0.717) is 37.3 Å². The van der Waals surface area contributed by atoms with Crippen LogP contribution in [0.5, 0.6) is 11.5 Å². The summed E-state index contributed by atoms with van der Waals surface area (Å²) in [6.07, 6.45) is 1.68. The zero-order valence-corrected chi connectivity index (χ0v) is 20.3. The predicted octanol–water partition coefficient (Wildman–Crippen LogP) is 0.0188. The molecule has 0 radical (unpaired) electrons. The number of methoxy groups -OCH3 is 2. The van der Waals surface area contributed by atoms with Gasteiger partial charge in [0.15, 0.2) is 11.5 Å². The van der Waals surface area contributed by atoms with Crippen molar-refractivity contribution in [2.24, 2.45) is 5.73 Å². The van der Waals surface area contributed by atoms with Gasteiger partial charge in [-0.1, -0.05) is 6.07 Å². The highest BCUT2D eigenvalue weighted by molar-refractivity contribution is 5.96. The molecule has 2 heterocycles. The summed E-state index contributed by atoms with van der Waals surface area (Å²) in [5, 5.41) is 15.9. The Hall–Kier alpha value is -2.85. The number of carbonyl (C=O) groups excluding carboxylic acids is 3. The molecule has 2 aliphatic heterocycles. The number of carbonyl (C=O) groups is 3. The van der Waals surface area contributed by atoms with Gasteiger partial charge in [0.2, 0.25) is 17.7 Å². The van der Waals surface area contributed by atoms with E-state index in [0.717, 1.165) is 24.1 Å². The lowest BCUT2D eigenvalue weighted by molar-refractivity contribution is -0.147. The highest BCUT2D eigenvalue weighted by atomic mass is 16.5. The van der Waals surface area contributed by atoms with Crippen LogP contribution in [0.4, 0.5) is 0 Å². The predicted molar refractivity (Wildman–Crippen MR) is 125 cm³/mol. The molecule has 2 saturated heterocycles. The van der Waals surface area contributed by atoms with Gasteiger partial charge in [0, 0.05) is 13.0 Å². The quantitative estimate of drug-likeness (QED) is 0.393. The average molecular weight is 477 g/mol. The molecule has 2 aliphatic rings. The lowest BCUT2D eigenvalue weighted by Gasteiger charge is -2.39. The lowest BCUT2D eigenvalue weighted by Crippen LogP contribution is -2.64. The van der Waals surface area contributed by atoms with Crippen molar-refractivity contribution in [3.05, 3.63) is 23.3 Å². The second kappa shape index (κ2) is 10.6. The molecule has 3 amide bonds. The van der Waals surface area contributed by atoms with E-state index in [2.05, 4.69) is 10.6 Å². The molecule has 10 heteroatoms. The van der Waals surface area contributed by atoms with Gasteiger partial charge in [0.05, 0.1) is 26.4 Å². The number of hydrogen-bond donors (Lipinski definition) is 4. The molecule has 10 nitrogen and oxygen atoms in total. The fourth-order valence-electron chi connectivity index (χ4n) is 5.15. The van der Waals surface area contributed by atoms with Crippen LogP contribution in [0.15, 0.2) is 12.1 Å². The van der Waals surface area contributed by atoms with Crippen LogP contribution in [0.3, 0.4) is 0 Å². The molecule has 0 saturated carbocycles. The summed E-state index contributed by atoms with van der Waals surface area (Å²) in [5.74, 6) is -0.347. The molecule has 5 N–H and O–H groups in total. The standard InChI is InChI=1S/C24H36N4O6/c1-14-11-16(12-18(33-3)20(14)34-4)13-24(23(32)27-19(15(2)29)21(25)30)8-6-10-28(24)22(31)17-7-5-9-26-17/h11-12,15,17,19,26,29H,5-10,13H2,1-4H3,(H2,25,30)(H,27,32)/t15-,17+,19+,24?/m1/s1. The van der Waals surface area contributed by atoms with Crippen molar-refractivity contribution in [1.29, 1.82) is 0 Å². The van der Waals surface area contributed by atoms with E-state index >= 15 is 0 Å². The zero-order valence-electron chi connectivity index (χ0n) is 20.3.